The number of hydrogen-bond acceptors (Lipinski definition) is 4. The molecule has 0 unspecified atom stereocenters. The summed E-state index contributed by atoms with van der Waals surface area (Å²) in [4.78, 5) is 14.3. The molecule has 2 rings (SSSR count). The first-order valence-corrected chi connectivity index (χ1v) is 9.95. The minimum atomic E-state index is -3.15. The van der Waals surface area contributed by atoms with Crippen molar-refractivity contribution in [1.82, 2.24) is 9.21 Å². The molecule has 2 aliphatic rings. The van der Waals surface area contributed by atoms with Crippen molar-refractivity contribution >= 4 is 15.9 Å². The van der Waals surface area contributed by atoms with Crippen LogP contribution in [0.15, 0.2) is 0 Å². The monoisotopic (exact) mass is 331 g/mol. The predicted molar refractivity (Wildman–Crippen MR) is 86.8 cm³/mol. The first-order valence-electron chi connectivity index (χ1n) is 8.34. The standard InChI is InChI=1S/C15H29N3O3S/c1-3-22(20,21)17(2)13-7-9-18(10-8-13)15(19)11-12-5-4-6-14(12)16/h12-14H,3-11,16H2,1-2H3/t12-,14+/m0/s1. The smallest absolute Gasteiger partial charge is 0.222 e. The molecule has 6 nitrogen and oxygen atoms in total. The average molecular weight is 331 g/mol. The Bertz CT molecular complexity index is 486. The molecular weight excluding hydrogens is 302 g/mol. The number of amides is 1. The van der Waals surface area contributed by atoms with E-state index in [2.05, 4.69) is 0 Å². The van der Waals surface area contributed by atoms with Gasteiger partial charge in [-0.3, -0.25) is 4.79 Å². The van der Waals surface area contributed by atoms with Gasteiger partial charge >= 0.3 is 0 Å². The van der Waals surface area contributed by atoms with Gasteiger partial charge in [0.25, 0.3) is 0 Å². The molecule has 0 bridgehead atoms. The van der Waals surface area contributed by atoms with Crippen LogP contribution in [0.1, 0.15) is 45.4 Å². The number of piperidine rings is 1. The van der Waals surface area contributed by atoms with Gasteiger partial charge in [-0.05, 0) is 38.5 Å². The quantitative estimate of drug-likeness (QED) is 0.807. The summed E-state index contributed by atoms with van der Waals surface area (Å²) in [6, 6.07) is 0.185. The summed E-state index contributed by atoms with van der Waals surface area (Å²) in [5, 5.41) is 0. The Kier molecular flexibility index (Phi) is 5.85. The molecule has 1 amide bonds. The second-order valence-electron chi connectivity index (χ2n) is 6.59. The molecule has 2 atom stereocenters. The lowest BCUT2D eigenvalue weighted by atomic mass is 9.98. The number of carbonyl (C=O) groups is 1. The highest BCUT2D eigenvalue weighted by Gasteiger charge is 2.32. The van der Waals surface area contributed by atoms with Gasteiger partial charge in [-0.1, -0.05) is 6.42 Å². The molecule has 128 valence electrons. The molecule has 2 fully saturated rings. The van der Waals surface area contributed by atoms with Crippen LogP contribution in [0.3, 0.4) is 0 Å². The first-order chi connectivity index (χ1) is 10.3. The Balaban J connectivity index is 1.83. The Morgan fingerprint density at radius 2 is 1.86 bits per heavy atom. The molecule has 1 saturated carbocycles. The summed E-state index contributed by atoms with van der Waals surface area (Å²) >= 11 is 0. The van der Waals surface area contributed by atoms with Gasteiger partial charge in [0.2, 0.25) is 15.9 Å². The van der Waals surface area contributed by atoms with E-state index in [1.807, 2.05) is 4.90 Å². The maximum absolute atomic E-state index is 12.4. The van der Waals surface area contributed by atoms with Gasteiger partial charge in [-0.15, -0.1) is 0 Å². The summed E-state index contributed by atoms with van der Waals surface area (Å²) < 4.78 is 25.3. The number of likely N-dealkylation sites (tertiary alicyclic amines) is 1. The van der Waals surface area contributed by atoms with E-state index in [9.17, 15) is 13.2 Å². The second kappa shape index (κ2) is 7.27. The van der Waals surface area contributed by atoms with Crippen molar-refractivity contribution in [3.8, 4) is 0 Å². The van der Waals surface area contributed by atoms with E-state index in [1.165, 1.54) is 4.31 Å². The topological polar surface area (TPSA) is 83.7 Å². The zero-order valence-electron chi connectivity index (χ0n) is 13.7. The van der Waals surface area contributed by atoms with Crippen molar-refractivity contribution in [1.29, 1.82) is 0 Å². The lowest BCUT2D eigenvalue weighted by Gasteiger charge is -2.36. The van der Waals surface area contributed by atoms with E-state index in [1.54, 1.807) is 14.0 Å². The molecule has 1 aliphatic heterocycles. The third-order valence-electron chi connectivity index (χ3n) is 5.29. The van der Waals surface area contributed by atoms with Crippen molar-refractivity contribution in [2.24, 2.45) is 11.7 Å². The van der Waals surface area contributed by atoms with Gasteiger partial charge in [0.05, 0.1) is 5.75 Å². The highest BCUT2D eigenvalue weighted by atomic mass is 32.2. The molecule has 1 saturated heterocycles. The predicted octanol–water partition coefficient (Wildman–Crippen LogP) is 0.776. The minimum absolute atomic E-state index is 0.0164. The van der Waals surface area contributed by atoms with Gasteiger partial charge in [0.1, 0.15) is 0 Å². The lowest BCUT2D eigenvalue weighted by Crippen LogP contribution is -2.48. The largest absolute Gasteiger partial charge is 0.343 e. The van der Waals surface area contributed by atoms with Crippen molar-refractivity contribution < 1.29 is 13.2 Å². The third-order valence-corrected chi connectivity index (χ3v) is 7.19. The Labute approximate surface area is 134 Å². The highest BCUT2D eigenvalue weighted by Crippen LogP contribution is 2.28. The van der Waals surface area contributed by atoms with E-state index in [0.717, 1.165) is 32.1 Å². The fourth-order valence-electron chi connectivity index (χ4n) is 3.58. The number of hydrogen-bond donors (Lipinski definition) is 1. The maximum Gasteiger partial charge on any atom is 0.222 e. The molecule has 22 heavy (non-hydrogen) atoms. The van der Waals surface area contributed by atoms with E-state index >= 15 is 0 Å². The molecule has 0 spiro atoms. The number of sulfonamides is 1. The number of carbonyl (C=O) groups excluding carboxylic acids is 1. The van der Waals surface area contributed by atoms with Gasteiger partial charge in [-0.25, -0.2) is 12.7 Å². The molecular formula is C15H29N3O3S. The molecule has 0 aromatic rings. The van der Waals surface area contributed by atoms with Crippen molar-refractivity contribution in [2.45, 2.75) is 57.5 Å². The number of nitrogens with two attached hydrogens (primary N) is 1. The molecule has 0 radical (unpaired) electrons. The van der Waals surface area contributed by atoms with E-state index in [-0.39, 0.29) is 23.7 Å². The maximum atomic E-state index is 12.4. The average Bonchev–Trinajstić information content (AvgIpc) is 2.91. The van der Waals surface area contributed by atoms with Gasteiger partial charge in [-0.2, -0.15) is 0 Å². The van der Waals surface area contributed by atoms with Crippen LogP contribution < -0.4 is 5.73 Å². The summed E-state index contributed by atoms with van der Waals surface area (Å²) in [5.41, 5.74) is 6.04. The van der Waals surface area contributed by atoms with Crippen LogP contribution in [-0.4, -0.2) is 61.5 Å². The normalized spacial score (nSPS) is 27.5. The fourth-order valence-corrected chi connectivity index (χ4v) is 4.65. The van der Waals surface area contributed by atoms with Gasteiger partial charge in [0, 0.05) is 38.6 Å². The number of rotatable bonds is 5. The van der Waals surface area contributed by atoms with Gasteiger partial charge in [0.15, 0.2) is 0 Å². The summed E-state index contributed by atoms with van der Waals surface area (Å²) in [7, 11) is -1.50. The van der Waals surface area contributed by atoms with Gasteiger partial charge < -0.3 is 10.6 Å². The van der Waals surface area contributed by atoms with Crippen molar-refractivity contribution in [2.75, 3.05) is 25.9 Å². The summed E-state index contributed by atoms with van der Waals surface area (Å²) in [5.74, 6) is 0.637. The van der Waals surface area contributed by atoms with Crippen LogP contribution in [0, 0.1) is 5.92 Å². The SMILES string of the molecule is CCS(=O)(=O)N(C)C1CCN(C(=O)C[C@@H]2CCC[C@H]2N)CC1. The van der Waals surface area contributed by atoms with Crippen LogP contribution in [0.5, 0.6) is 0 Å². The minimum Gasteiger partial charge on any atom is -0.343 e. The molecule has 1 aliphatic carbocycles. The zero-order valence-corrected chi connectivity index (χ0v) is 14.5. The van der Waals surface area contributed by atoms with Crippen LogP contribution in [0.4, 0.5) is 0 Å². The highest BCUT2D eigenvalue weighted by molar-refractivity contribution is 7.89. The van der Waals surface area contributed by atoms with Crippen molar-refractivity contribution in [3.63, 3.8) is 0 Å². The van der Waals surface area contributed by atoms with Crippen LogP contribution >= 0.6 is 0 Å². The van der Waals surface area contributed by atoms with E-state index in [0.29, 0.717) is 25.4 Å². The Morgan fingerprint density at radius 1 is 1.23 bits per heavy atom. The molecule has 2 N–H and O–H groups in total. The van der Waals surface area contributed by atoms with E-state index in [4.69, 9.17) is 5.73 Å². The Hall–Kier alpha value is -0.660. The second-order valence-corrected chi connectivity index (χ2v) is 8.90. The third kappa shape index (κ3) is 4.00. The first kappa shape index (κ1) is 17.7. The number of nitrogens with zero attached hydrogens (tertiary/aromatic N) is 2. The summed E-state index contributed by atoms with van der Waals surface area (Å²) in [6.07, 6.45) is 5.20. The summed E-state index contributed by atoms with van der Waals surface area (Å²) in [6.45, 7) is 2.96. The van der Waals surface area contributed by atoms with Crippen molar-refractivity contribution in [3.05, 3.63) is 0 Å². The molecule has 1 heterocycles. The van der Waals surface area contributed by atoms with Crippen LogP contribution in [0.25, 0.3) is 0 Å². The van der Waals surface area contributed by atoms with Crippen LogP contribution in [-0.2, 0) is 14.8 Å². The Morgan fingerprint density at radius 3 is 2.36 bits per heavy atom. The van der Waals surface area contributed by atoms with Crippen LogP contribution in [0.2, 0.25) is 0 Å². The zero-order chi connectivity index (χ0) is 16.3. The van der Waals surface area contributed by atoms with E-state index < -0.39 is 10.0 Å². The molecule has 0 aromatic carbocycles. The lowest BCUT2D eigenvalue weighted by molar-refractivity contribution is -0.133. The fraction of sp³-hybridized carbons (Fsp3) is 0.933. The molecule has 0 aromatic heterocycles. The molecule has 7 heteroatoms.